The van der Waals surface area contributed by atoms with E-state index in [4.69, 9.17) is 4.74 Å². The summed E-state index contributed by atoms with van der Waals surface area (Å²) in [6.07, 6.45) is 3.98. The van der Waals surface area contributed by atoms with E-state index < -0.39 is 0 Å². The zero-order valence-corrected chi connectivity index (χ0v) is 11.4. The third-order valence-corrected chi connectivity index (χ3v) is 5.09. The van der Waals surface area contributed by atoms with Crippen LogP contribution in [0.15, 0.2) is 12.1 Å². The monoisotopic (exact) mass is 251 g/mol. The van der Waals surface area contributed by atoms with E-state index in [-0.39, 0.29) is 0 Å². The first-order valence-electron chi connectivity index (χ1n) is 6.61. The second-order valence-electron chi connectivity index (χ2n) is 5.63. The van der Waals surface area contributed by atoms with E-state index in [2.05, 4.69) is 24.0 Å². The van der Waals surface area contributed by atoms with Crippen LogP contribution in [0.25, 0.3) is 0 Å². The maximum Gasteiger partial charge on any atom is 0.0535 e. The second kappa shape index (κ2) is 4.71. The zero-order chi connectivity index (χ0) is 11.7. The molecule has 0 N–H and O–H groups in total. The van der Waals surface area contributed by atoms with Gasteiger partial charge in [-0.2, -0.15) is 0 Å². The summed E-state index contributed by atoms with van der Waals surface area (Å²) in [4.78, 5) is 5.57. The van der Waals surface area contributed by atoms with E-state index in [1.807, 2.05) is 11.3 Å². The minimum Gasteiger partial charge on any atom is -0.381 e. The van der Waals surface area contributed by atoms with Crippen molar-refractivity contribution in [1.29, 1.82) is 0 Å². The molecule has 0 bridgehead atoms. The third kappa shape index (κ3) is 2.56. The van der Waals surface area contributed by atoms with Gasteiger partial charge in [-0.25, -0.2) is 0 Å². The van der Waals surface area contributed by atoms with Crippen LogP contribution < -0.4 is 0 Å². The van der Waals surface area contributed by atoms with Crippen LogP contribution in [-0.2, 0) is 11.3 Å². The first-order chi connectivity index (χ1) is 8.26. The van der Waals surface area contributed by atoms with Crippen LogP contribution in [0.4, 0.5) is 0 Å². The van der Waals surface area contributed by atoms with Gasteiger partial charge in [0.15, 0.2) is 0 Å². The molecule has 2 aliphatic heterocycles. The Labute approximate surface area is 108 Å². The van der Waals surface area contributed by atoms with Crippen LogP contribution in [0.5, 0.6) is 0 Å². The van der Waals surface area contributed by atoms with E-state index in [0.29, 0.717) is 5.41 Å². The average molecular weight is 251 g/mol. The average Bonchev–Trinajstić information content (AvgIpc) is 2.89. The number of hydrogen-bond donors (Lipinski definition) is 0. The quantitative estimate of drug-likeness (QED) is 0.801. The fraction of sp³-hybridized carbons (Fsp3) is 0.714. The molecule has 1 spiro atoms. The van der Waals surface area contributed by atoms with Gasteiger partial charge in [-0.15, -0.1) is 11.3 Å². The van der Waals surface area contributed by atoms with Crippen molar-refractivity contribution >= 4 is 11.3 Å². The number of rotatable bonds is 2. The highest BCUT2D eigenvalue weighted by atomic mass is 32.1. The molecule has 17 heavy (non-hydrogen) atoms. The molecular weight excluding hydrogens is 230 g/mol. The molecule has 2 nitrogen and oxygen atoms in total. The van der Waals surface area contributed by atoms with Gasteiger partial charge in [0, 0.05) is 34.9 Å². The van der Waals surface area contributed by atoms with Crippen LogP contribution in [0.2, 0.25) is 0 Å². The molecule has 0 aliphatic carbocycles. The van der Waals surface area contributed by atoms with Gasteiger partial charge in [-0.1, -0.05) is 0 Å². The predicted molar refractivity (Wildman–Crippen MR) is 71.4 cm³/mol. The first kappa shape index (κ1) is 11.7. The molecule has 2 saturated heterocycles. The molecule has 0 saturated carbocycles. The molecule has 0 radical (unpaired) electrons. The van der Waals surface area contributed by atoms with Crippen molar-refractivity contribution in [2.24, 2.45) is 5.41 Å². The molecule has 1 unspecified atom stereocenters. The Morgan fingerprint density at radius 3 is 3.06 bits per heavy atom. The van der Waals surface area contributed by atoms with E-state index in [0.717, 1.165) is 19.8 Å². The standard InChI is InChI=1S/C14H21NOS/c1-12-3-4-13(17-12)9-15-7-2-5-14(10-15)6-8-16-11-14/h3-4H,2,5-11H2,1H3. The van der Waals surface area contributed by atoms with Crippen molar-refractivity contribution < 1.29 is 4.74 Å². The Hall–Kier alpha value is -0.380. The number of aryl methyl sites for hydroxylation is 1. The molecular formula is C14H21NOS. The highest BCUT2D eigenvalue weighted by Crippen LogP contribution is 2.38. The van der Waals surface area contributed by atoms with Crippen molar-refractivity contribution in [3.05, 3.63) is 21.9 Å². The van der Waals surface area contributed by atoms with Crippen LogP contribution in [0.1, 0.15) is 29.0 Å². The van der Waals surface area contributed by atoms with Gasteiger partial charge in [0.25, 0.3) is 0 Å². The van der Waals surface area contributed by atoms with Gasteiger partial charge in [0.2, 0.25) is 0 Å². The Bertz CT molecular complexity index is 381. The summed E-state index contributed by atoms with van der Waals surface area (Å²) in [5.41, 5.74) is 0.491. The van der Waals surface area contributed by atoms with Crippen LogP contribution in [0, 0.1) is 12.3 Å². The summed E-state index contributed by atoms with van der Waals surface area (Å²) < 4.78 is 5.62. The number of thiophene rings is 1. The lowest BCUT2D eigenvalue weighted by molar-refractivity contribution is 0.0650. The molecule has 94 valence electrons. The number of piperidine rings is 1. The highest BCUT2D eigenvalue weighted by molar-refractivity contribution is 7.11. The second-order valence-corrected chi connectivity index (χ2v) is 7.00. The fourth-order valence-corrected chi connectivity index (χ4v) is 4.14. The lowest BCUT2D eigenvalue weighted by Crippen LogP contribution is -2.43. The van der Waals surface area contributed by atoms with Crippen LogP contribution in [0.3, 0.4) is 0 Å². The molecule has 0 aromatic carbocycles. The van der Waals surface area contributed by atoms with Gasteiger partial charge in [0.1, 0.15) is 0 Å². The molecule has 3 heteroatoms. The fourth-order valence-electron chi connectivity index (χ4n) is 3.21. The van der Waals surface area contributed by atoms with Crippen molar-refractivity contribution in [2.45, 2.75) is 32.7 Å². The number of likely N-dealkylation sites (tertiary alicyclic amines) is 1. The molecule has 2 aliphatic rings. The summed E-state index contributed by atoms with van der Waals surface area (Å²) in [6, 6.07) is 4.52. The van der Waals surface area contributed by atoms with Crippen LogP contribution >= 0.6 is 11.3 Å². The Kier molecular flexibility index (Phi) is 3.24. The lowest BCUT2D eigenvalue weighted by atomic mass is 9.79. The largest absolute Gasteiger partial charge is 0.381 e. The summed E-state index contributed by atoms with van der Waals surface area (Å²) >= 11 is 1.94. The van der Waals surface area contributed by atoms with Gasteiger partial charge in [-0.05, 0) is 44.9 Å². The topological polar surface area (TPSA) is 12.5 Å². The van der Waals surface area contributed by atoms with Crippen molar-refractivity contribution in [1.82, 2.24) is 4.90 Å². The Morgan fingerprint density at radius 1 is 1.41 bits per heavy atom. The van der Waals surface area contributed by atoms with Gasteiger partial charge in [0.05, 0.1) is 6.61 Å². The molecule has 1 aromatic heterocycles. The van der Waals surface area contributed by atoms with Crippen LogP contribution in [-0.4, -0.2) is 31.2 Å². The first-order valence-corrected chi connectivity index (χ1v) is 7.43. The normalized spacial score (nSPS) is 30.2. The Balaban J connectivity index is 1.64. The molecule has 2 fully saturated rings. The van der Waals surface area contributed by atoms with E-state index in [1.54, 1.807) is 0 Å². The minimum atomic E-state index is 0.491. The van der Waals surface area contributed by atoms with Crippen molar-refractivity contribution in [3.8, 4) is 0 Å². The minimum absolute atomic E-state index is 0.491. The molecule has 1 aromatic rings. The smallest absolute Gasteiger partial charge is 0.0535 e. The van der Waals surface area contributed by atoms with E-state index >= 15 is 0 Å². The summed E-state index contributed by atoms with van der Waals surface area (Å²) in [6.45, 7) is 7.80. The number of ether oxygens (including phenoxy) is 1. The summed E-state index contributed by atoms with van der Waals surface area (Å²) in [5, 5.41) is 0. The maximum absolute atomic E-state index is 5.62. The Morgan fingerprint density at radius 2 is 2.35 bits per heavy atom. The molecule has 1 atom stereocenters. The SMILES string of the molecule is Cc1ccc(CN2CCCC3(CCOC3)C2)s1. The predicted octanol–water partition coefficient (Wildman–Crippen LogP) is 3.06. The highest BCUT2D eigenvalue weighted by Gasteiger charge is 2.38. The summed E-state index contributed by atoms with van der Waals surface area (Å²) in [5.74, 6) is 0. The zero-order valence-electron chi connectivity index (χ0n) is 10.6. The number of hydrogen-bond acceptors (Lipinski definition) is 3. The molecule has 3 rings (SSSR count). The van der Waals surface area contributed by atoms with Gasteiger partial charge >= 0.3 is 0 Å². The van der Waals surface area contributed by atoms with E-state index in [1.165, 1.54) is 42.1 Å². The lowest BCUT2D eigenvalue weighted by Gasteiger charge is -2.39. The summed E-state index contributed by atoms with van der Waals surface area (Å²) in [7, 11) is 0. The van der Waals surface area contributed by atoms with E-state index in [9.17, 15) is 0 Å². The third-order valence-electron chi connectivity index (χ3n) is 4.10. The number of nitrogens with zero attached hydrogens (tertiary/aromatic N) is 1. The molecule has 3 heterocycles. The van der Waals surface area contributed by atoms with Gasteiger partial charge < -0.3 is 4.74 Å². The van der Waals surface area contributed by atoms with Gasteiger partial charge in [-0.3, -0.25) is 4.90 Å². The van der Waals surface area contributed by atoms with Crippen molar-refractivity contribution in [2.75, 3.05) is 26.3 Å². The maximum atomic E-state index is 5.62. The molecule has 0 amide bonds. The van der Waals surface area contributed by atoms with Crippen molar-refractivity contribution in [3.63, 3.8) is 0 Å².